The second-order valence-corrected chi connectivity index (χ2v) is 9.12. The maximum Gasteiger partial charge on any atom is 0.154 e. The van der Waals surface area contributed by atoms with Crippen molar-refractivity contribution in [1.82, 2.24) is 0 Å². The fourth-order valence-electron chi connectivity index (χ4n) is 3.40. The Kier molecular flexibility index (Phi) is 1.53. The molecule has 4 nitrogen and oxygen atoms in total. The second kappa shape index (κ2) is 2.35. The lowest BCUT2D eigenvalue weighted by Gasteiger charge is -2.41. The van der Waals surface area contributed by atoms with Crippen LogP contribution in [0.5, 0.6) is 0 Å². The lowest BCUT2D eigenvalue weighted by molar-refractivity contribution is 0.207. The van der Waals surface area contributed by atoms with E-state index in [-0.39, 0.29) is 23.3 Å². The van der Waals surface area contributed by atoms with E-state index in [9.17, 15) is 16.8 Å². The van der Waals surface area contributed by atoms with Crippen molar-refractivity contribution >= 4 is 19.7 Å². The average Bonchev–Trinajstić information content (AvgIpc) is 2.33. The maximum atomic E-state index is 11.6. The predicted molar refractivity (Wildman–Crippen MR) is 51.4 cm³/mol. The Bertz CT molecular complexity index is 429. The van der Waals surface area contributed by atoms with Gasteiger partial charge in [-0.15, -0.1) is 0 Å². The van der Waals surface area contributed by atoms with Crippen LogP contribution in [-0.4, -0.2) is 38.8 Å². The third kappa shape index (κ3) is 0.888. The van der Waals surface area contributed by atoms with Crippen LogP contribution in [-0.2, 0) is 19.7 Å². The lowest BCUT2D eigenvalue weighted by Crippen LogP contribution is -2.55. The van der Waals surface area contributed by atoms with Crippen LogP contribution < -0.4 is 0 Å². The van der Waals surface area contributed by atoms with Gasteiger partial charge in [-0.3, -0.25) is 0 Å². The highest BCUT2D eigenvalue weighted by molar-refractivity contribution is 7.96. The fraction of sp³-hybridized carbons (Fsp3) is 1.00. The Hall–Kier alpha value is -0.100. The lowest BCUT2D eigenvalue weighted by atomic mass is 9.70. The maximum absolute atomic E-state index is 11.6. The molecule has 2 heterocycles. The van der Waals surface area contributed by atoms with Crippen LogP contribution in [0.3, 0.4) is 0 Å². The summed E-state index contributed by atoms with van der Waals surface area (Å²) in [4.78, 5) is 0. The molecule has 0 spiro atoms. The van der Waals surface area contributed by atoms with E-state index in [0.29, 0.717) is 12.8 Å². The molecule has 1 saturated carbocycles. The zero-order chi connectivity index (χ0) is 10.1. The molecular weight excluding hydrogens is 224 g/mol. The summed E-state index contributed by atoms with van der Waals surface area (Å²) in [5.41, 5.74) is 0. The first-order valence-electron chi connectivity index (χ1n) is 4.87. The largest absolute Gasteiger partial charge is 0.228 e. The molecule has 0 radical (unpaired) electrons. The minimum Gasteiger partial charge on any atom is -0.228 e. The quantitative estimate of drug-likeness (QED) is 0.574. The van der Waals surface area contributed by atoms with Crippen LogP contribution in [0, 0.1) is 11.8 Å². The van der Waals surface area contributed by atoms with Crippen LogP contribution in [0.15, 0.2) is 0 Å². The van der Waals surface area contributed by atoms with Crippen LogP contribution in [0.4, 0.5) is 0 Å². The summed E-state index contributed by atoms with van der Waals surface area (Å²) in [7, 11) is -6.18. The standard InChI is InChI=1S/C8H12O4S2/c9-13(10)3-1-5-6-2-4-14(11,12)8(6)7(5)13/h5-8H,1-4H2/t5-,6-,7-,8-/m1/s1. The van der Waals surface area contributed by atoms with Gasteiger partial charge in [0.15, 0.2) is 19.7 Å². The smallest absolute Gasteiger partial charge is 0.154 e. The normalized spacial score (nSPS) is 52.0. The molecule has 3 fully saturated rings. The van der Waals surface area contributed by atoms with Gasteiger partial charge in [-0.1, -0.05) is 0 Å². The van der Waals surface area contributed by atoms with Crippen LogP contribution in [0.1, 0.15) is 12.8 Å². The fourth-order valence-corrected chi connectivity index (χ4v) is 9.12. The van der Waals surface area contributed by atoms with Crippen LogP contribution in [0.2, 0.25) is 0 Å². The molecule has 0 N–H and O–H groups in total. The summed E-state index contributed by atoms with van der Waals surface area (Å²) < 4.78 is 46.4. The third-order valence-electron chi connectivity index (χ3n) is 4.02. The number of fused-ring (bicyclic) bond motifs is 4. The van der Waals surface area contributed by atoms with Crippen molar-refractivity contribution in [3.63, 3.8) is 0 Å². The van der Waals surface area contributed by atoms with E-state index in [4.69, 9.17) is 0 Å². The Balaban J connectivity index is 2.08. The summed E-state index contributed by atoms with van der Waals surface area (Å²) in [5.74, 6) is 0.708. The van der Waals surface area contributed by atoms with Gasteiger partial charge in [0.25, 0.3) is 0 Å². The van der Waals surface area contributed by atoms with Crippen molar-refractivity contribution < 1.29 is 16.8 Å². The Morgan fingerprint density at radius 1 is 0.714 bits per heavy atom. The SMILES string of the molecule is O=S1(=O)CC[C@@H]2[C@H]3CCS(=O)(=O)[C@H]3[C@@H]21. The van der Waals surface area contributed by atoms with Gasteiger partial charge in [0, 0.05) is 0 Å². The van der Waals surface area contributed by atoms with Crippen molar-refractivity contribution in [3.8, 4) is 0 Å². The molecule has 0 aromatic rings. The predicted octanol–water partition coefficient (Wildman–Crippen LogP) is -0.393. The first kappa shape index (κ1) is 9.15. The first-order chi connectivity index (χ1) is 6.43. The zero-order valence-corrected chi connectivity index (χ0v) is 9.22. The topological polar surface area (TPSA) is 68.3 Å². The number of sulfone groups is 2. The summed E-state index contributed by atoms with van der Waals surface area (Å²) in [6.07, 6.45) is 1.37. The first-order valence-corrected chi connectivity index (χ1v) is 8.30. The molecular formula is C8H12O4S2. The number of hydrogen-bond donors (Lipinski definition) is 0. The molecule has 4 atom stereocenters. The number of hydrogen-bond acceptors (Lipinski definition) is 4. The van der Waals surface area contributed by atoms with E-state index in [1.807, 2.05) is 0 Å². The van der Waals surface area contributed by atoms with Crippen molar-refractivity contribution in [2.24, 2.45) is 11.8 Å². The summed E-state index contributed by atoms with van der Waals surface area (Å²) in [5, 5.41) is -1.08. The van der Waals surface area contributed by atoms with E-state index in [0.717, 1.165) is 0 Å². The van der Waals surface area contributed by atoms with Gasteiger partial charge in [-0.2, -0.15) is 0 Å². The average molecular weight is 236 g/mol. The highest BCUT2D eigenvalue weighted by Crippen LogP contribution is 2.55. The Labute approximate surface area is 83.5 Å². The molecule has 80 valence electrons. The Morgan fingerprint density at radius 3 is 1.43 bits per heavy atom. The molecule has 0 aromatic heterocycles. The van der Waals surface area contributed by atoms with E-state index >= 15 is 0 Å². The molecule has 2 saturated heterocycles. The summed E-state index contributed by atoms with van der Waals surface area (Å²) in [6.45, 7) is 0. The monoisotopic (exact) mass is 236 g/mol. The second-order valence-electron chi connectivity index (χ2n) is 4.57. The third-order valence-corrected chi connectivity index (χ3v) is 8.74. The molecule has 14 heavy (non-hydrogen) atoms. The highest BCUT2D eigenvalue weighted by atomic mass is 32.2. The molecule has 1 aliphatic carbocycles. The molecule has 0 aromatic carbocycles. The van der Waals surface area contributed by atoms with Gasteiger partial charge in [-0.05, 0) is 24.7 Å². The van der Waals surface area contributed by atoms with Crippen LogP contribution in [0.25, 0.3) is 0 Å². The van der Waals surface area contributed by atoms with E-state index < -0.39 is 30.2 Å². The van der Waals surface area contributed by atoms with Crippen molar-refractivity contribution in [2.75, 3.05) is 11.5 Å². The van der Waals surface area contributed by atoms with Gasteiger partial charge < -0.3 is 0 Å². The molecule has 0 amide bonds. The number of rotatable bonds is 0. The Morgan fingerprint density at radius 2 is 1.07 bits per heavy atom. The minimum absolute atomic E-state index is 0.155. The molecule has 6 heteroatoms. The zero-order valence-electron chi connectivity index (χ0n) is 7.59. The van der Waals surface area contributed by atoms with E-state index in [1.165, 1.54) is 0 Å². The van der Waals surface area contributed by atoms with E-state index in [1.54, 1.807) is 0 Å². The molecule has 3 rings (SSSR count). The molecule has 3 aliphatic rings. The van der Waals surface area contributed by atoms with Gasteiger partial charge in [0.2, 0.25) is 0 Å². The van der Waals surface area contributed by atoms with Gasteiger partial charge in [0.05, 0.1) is 22.0 Å². The van der Waals surface area contributed by atoms with Crippen molar-refractivity contribution in [1.29, 1.82) is 0 Å². The minimum atomic E-state index is -3.09. The molecule has 0 unspecified atom stereocenters. The van der Waals surface area contributed by atoms with Crippen molar-refractivity contribution in [3.05, 3.63) is 0 Å². The molecule has 0 bridgehead atoms. The summed E-state index contributed by atoms with van der Waals surface area (Å²) in [6, 6.07) is 0. The highest BCUT2D eigenvalue weighted by Gasteiger charge is 2.66. The summed E-state index contributed by atoms with van der Waals surface area (Å²) >= 11 is 0. The van der Waals surface area contributed by atoms with Crippen molar-refractivity contribution in [2.45, 2.75) is 23.3 Å². The van der Waals surface area contributed by atoms with E-state index in [2.05, 4.69) is 0 Å². The van der Waals surface area contributed by atoms with Gasteiger partial charge in [0.1, 0.15) is 0 Å². The van der Waals surface area contributed by atoms with Crippen LogP contribution >= 0.6 is 0 Å². The van der Waals surface area contributed by atoms with Gasteiger partial charge >= 0.3 is 0 Å². The van der Waals surface area contributed by atoms with Gasteiger partial charge in [-0.25, -0.2) is 16.8 Å². The molecule has 2 aliphatic heterocycles.